The molecule has 2 rings (SSSR count). The van der Waals surface area contributed by atoms with Crippen molar-refractivity contribution in [1.82, 2.24) is 9.62 Å². The van der Waals surface area contributed by atoms with Crippen molar-refractivity contribution in [2.75, 3.05) is 25.4 Å². The van der Waals surface area contributed by atoms with Gasteiger partial charge in [-0.15, -0.1) is 0 Å². The summed E-state index contributed by atoms with van der Waals surface area (Å²) in [6.45, 7) is 3.95. The number of carbonyl (C=O) groups is 1. The summed E-state index contributed by atoms with van der Waals surface area (Å²) in [6, 6.07) is -0.00521. The number of sulfonamides is 1. The van der Waals surface area contributed by atoms with E-state index in [1.807, 2.05) is 0 Å². The molecule has 0 spiro atoms. The fraction of sp³-hybridized carbons (Fsp3) is 0.929. The highest BCUT2D eigenvalue weighted by molar-refractivity contribution is 7.90. The predicted molar refractivity (Wildman–Crippen MR) is 82.1 cm³/mol. The minimum absolute atomic E-state index is 0.00521. The normalized spacial score (nSPS) is 30.6. The van der Waals surface area contributed by atoms with Gasteiger partial charge in [0.15, 0.2) is 0 Å². The summed E-state index contributed by atoms with van der Waals surface area (Å²) in [4.78, 5) is 13.7. The van der Waals surface area contributed by atoms with Gasteiger partial charge < -0.3 is 10.6 Å². The Morgan fingerprint density at radius 1 is 1.24 bits per heavy atom. The predicted octanol–water partition coefficient (Wildman–Crippen LogP) is 0.292. The molecule has 0 aromatic rings. The number of hydrogen-bond donors (Lipinski definition) is 2. The summed E-state index contributed by atoms with van der Waals surface area (Å²) < 4.78 is 26.9. The third-order valence-electron chi connectivity index (χ3n) is 4.65. The second-order valence-electron chi connectivity index (χ2n) is 6.56. The Morgan fingerprint density at radius 2 is 1.90 bits per heavy atom. The quantitative estimate of drug-likeness (QED) is 0.762. The molecule has 1 amide bonds. The lowest BCUT2D eigenvalue weighted by Gasteiger charge is -2.27. The van der Waals surface area contributed by atoms with Crippen molar-refractivity contribution in [2.24, 2.45) is 17.6 Å². The van der Waals surface area contributed by atoms with Gasteiger partial charge in [0.25, 0.3) is 0 Å². The lowest BCUT2D eigenvalue weighted by atomic mass is 9.88. The van der Waals surface area contributed by atoms with Crippen LogP contribution >= 0.6 is 0 Å². The summed E-state index contributed by atoms with van der Waals surface area (Å²) in [7, 11) is -3.53. The summed E-state index contributed by atoms with van der Waals surface area (Å²) in [5, 5.41) is 0. The van der Waals surface area contributed by atoms with Gasteiger partial charge in [-0.3, -0.25) is 4.79 Å². The molecule has 1 atom stereocenters. The highest BCUT2D eigenvalue weighted by atomic mass is 32.2. The molecule has 21 heavy (non-hydrogen) atoms. The second kappa shape index (κ2) is 7.07. The van der Waals surface area contributed by atoms with Gasteiger partial charge in [-0.1, -0.05) is 6.92 Å². The van der Waals surface area contributed by atoms with Crippen LogP contribution in [0.3, 0.4) is 0 Å². The van der Waals surface area contributed by atoms with Crippen LogP contribution in [0.1, 0.15) is 39.0 Å². The van der Waals surface area contributed by atoms with E-state index in [4.69, 9.17) is 5.73 Å². The number of hydrogen-bond acceptors (Lipinski definition) is 4. The number of nitrogens with zero attached hydrogens (tertiary/aromatic N) is 1. The molecule has 1 heterocycles. The molecule has 2 fully saturated rings. The number of rotatable bonds is 5. The van der Waals surface area contributed by atoms with Crippen LogP contribution in [-0.2, 0) is 14.8 Å². The van der Waals surface area contributed by atoms with Gasteiger partial charge in [-0.05, 0) is 50.5 Å². The lowest BCUT2D eigenvalue weighted by molar-refractivity contribution is -0.127. The van der Waals surface area contributed by atoms with E-state index in [1.165, 1.54) is 0 Å². The Labute approximate surface area is 127 Å². The largest absolute Gasteiger partial charge is 0.341 e. The maximum absolute atomic E-state index is 12.1. The molecule has 1 unspecified atom stereocenters. The molecule has 1 saturated carbocycles. The van der Waals surface area contributed by atoms with Crippen LogP contribution in [0.15, 0.2) is 0 Å². The molecule has 122 valence electrons. The smallest absolute Gasteiger partial charge is 0.239 e. The fourth-order valence-corrected chi connectivity index (χ4v) is 4.51. The van der Waals surface area contributed by atoms with Crippen molar-refractivity contribution >= 4 is 15.9 Å². The van der Waals surface area contributed by atoms with E-state index >= 15 is 0 Å². The molecule has 6 nitrogen and oxygen atoms in total. The van der Waals surface area contributed by atoms with Crippen molar-refractivity contribution < 1.29 is 13.2 Å². The molecule has 1 saturated heterocycles. The van der Waals surface area contributed by atoms with E-state index in [0.29, 0.717) is 31.5 Å². The van der Waals surface area contributed by atoms with Crippen molar-refractivity contribution in [3.8, 4) is 0 Å². The van der Waals surface area contributed by atoms with Gasteiger partial charge >= 0.3 is 0 Å². The highest BCUT2D eigenvalue weighted by Crippen LogP contribution is 2.24. The minimum Gasteiger partial charge on any atom is -0.341 e. The Kier molecular flexibility index (Phi) is 5.62. The van der Waals surface area contributed by atoms with Gasteiger partial charge in [0.05, 0.1) is 0 Å². The van der Waals surface area contributed by atoms with E-state index in [2.05, 4.69) is 11.6 Å². The summed E-state index contributed by atoms with van der Waals surface area (Å²) in [6.07, 6.45) is 4.70. The first-order chi connectivity index (χ1) is 9.89. The standard InChI is InChI=1S/C14H27N3O3S/c1-11-2-4-13(5-3-11)16-21(19,20)10-14(18)17-7-6-12(8-15)9-17/h11-13,16H,2-10,15H2,1H3. The van der Waals surface area contributed by atoms with Crippen molar-refractivity contribution in [2.45, 2.75) is 45.1 Å². The maximum atomic E-state index is 12.1. The third-order valence-corrected chi connectivity index (χ3v) is 5.97. The zero-order chi connectivity index (χ0) is 15.5. The van der Waals surface area contributed by atoms with Crippen LogP contribution in [0.4, 0.5) is 0 Å². The summed E-state index contributed by atoms with van der Waals surface area (Å²) in [5.74, 6) is 0.244. The Balaban J connectivity index is 1.82. The topological polar surface area (TPSA) is 92.5 Å². The average molecular weight is 317 g/mol. The molecule has 0 aromatic carbocycles. The van der Waals surface area contributed by atoms with Crippen LogP contribution in [-0.4, -0.2) is 50.7 Å². The molecule has 0 bridgehead atoms. The number of carbonyl (C=O) groups excluding carboxylic acids is 1. The Morgan fingerprint density at radius 3 is 2.48 bits per heavy atom. The second-order valence-corrected chi connectivity index (χ2v) is 8.32. The van der Waals surface area contributed by atoms with Crippen LogP contribution in [0.2, 0.25) is 0 Å². The van der Waals surface area contributed by atoms with E-state index in [0.717, 1.165) is 32.1 Å². The van der Waals surface area contributed by atoms with E-state index < -0.39 is 15.8 Å². The van der Waals surface area contributed by atoms with Crippen molar-refractivity contribution in [3.63, 3.8) is 0 Å². The van der Waals surface area contributed by atoms with Crippen molar-refractivity contribution in [3.05, 3.63) is 0 Å². The van der Waals surface area contributed by atoms with Gasteiger partial charge in [0.2, 0.25) is 15.9 Å². The van der Waals surface area contributed by atoms with E-state index in [1.54, 1.807) is 4.90 Å². The molecule has 1 aliphatic carbocycles. The molecular formula is C14H27N3O3S. The number of likely N-dealkylation sites (tertiary alicyclic amines) is 1. The highest BCUT2D eigenvalue weighted by Gasteiger charge is 2.30. The molecular weight excluding hydrogens is 290 g/mol. The molecule has 0 aromatic heterocycles. The molecule has 2 aliphatic rings. The zero-order valence-corrected chi connectivity index (χ0v) is 13.6. The van der Waals surface area contributed by atoms with Crippen LogP contribution in [0, 0.1) is 11.8 Å². The van der Waals surface area contributed by atoms with Gasteiger partial charge in [-0.25, -0.2) is 13.1 Å². The SMILES string of the molecule is CC1CCC(NS(=O)(=O)CC(=O)N2CCC(CN)C2)CC1. The molecule has 7 heteroatoms. The van der Waals surface area contributed by atoms with E-state index in [9.17, 15) is 13.2 Å². The van der Waals surface area contributed by atoms with Crippen LogP contribution < -0.4 is 10.5 Å². The van der Waals surface area contributed by atoms with Crippen LogP contribution in [0.25, 0.3) is 0 Å². The zero-order valence-electron chi connectivity index (χ0n) is 12.8. The minimum atomic E-state index is -3.53. The fourth-order valence-electron chi connectivity index (χ4n) is 3.18. The molecule has 3 N–H and O–H groups in total. The van der Waals surface area contributed by atoms with Gasteiger partial charge in [0, 0.05) is 19.1 Å². The number of amides is 1. The Bertz CT molecular complexity index is 458. The molecule has 1 aliphatic heterocycles. The maximum Gasteiger partial charge on any atom is 0.239 e. The van der Waals surface area contributed by atoms with Crippen molar-refractivity contribution in [1.29, 1.82) is 0 Å². The first kappa shape index (κ1) is 16.7. The number of nitrogens with one attached hydrogen (secondary N) is 1. The lowest BCUT2D eigenvalue weighted by Crippen LogP contribution is -2.43. The Hall–Kier alpha value is -0.660. The number of nitrogens with two attached hydrogens (primary N) is 1. The van der Waals surface area contributed by atoms with Gasteiger partial charge in [0.1, 0.15) is 5.75 Å². The average Bonchev–Trinajstić information content (AvgIpc) is 2.89. The van der Waals surface area contributed by atoms with Crippen LogP contribution in [0.5, 0.6) is 0 Å². The summed E-state index contributed by atoms with van der Waals surface area (Å²) >= 11 is 0. The van der Waals surface area contributed by atoms with Gasteiger partial charge in [-0.2, -0.15) is 0 Å². The third kappa shape index (κ3) is 4.93. The molecule has 0 radical (unpaired) electrons. The summed E-state index contributed by atoms with van der Waals surface area (Å²) in [5.41, 5.74) is 5.59. The monoisotopic (exact) mass is 317 g/mol. The first-order valence-electron chi connectivity index (χ1n) is 7.87. The first-order valence-corrected chi connectivity index (χ1v) is 9.52. The van der Waals surface area contributed by atoms with E-state index in [-0.39, 0.29) is 11.9 Å².